The van der Waals surface area contributed by atoms with Crippen LogP contribution in [0.2, 0.25) is 0 Å². The molecule has 1 heterocycles. The Kier molecular flexibility index (Phi) is 4.13. The monoisotopic (exact) mass is 260 g/mol. The van der Waals surface area contributed by atoms with Gasteiger partial charge in [-0.2, -0.15) is 5.10 Å². The number of benzene rings is 1. The topological polar surface area (TPSA) is 35.8 Å². The minimum atomic E-state index is 0.386. The molecule has 1 saturated heterocycles. The van der Waals surface area contributed by atoms with Gasteiger partial charge in [0.15, 0.2) is 0 Å². The maximum atomic E-state index is 9.78. The van der Waals surface area contributed by atoms with Gasteiger partial charge in [0.1, 0.15) is 5.75 Å². The van der Waals surface area contributed by atoms with Gasteiger partial charge < -0.3 is 5.11 Å². The molecule has 2 rings (SSSR count). The standard InChI is InChI=1S/C16H24N2O/c1-11-8-15(9-12(2)16(11)19)10-17-18-13(3)6-5-7-14(18)4/h8-10,13-14,19H,5-7H2,1-4H3/b17-10+/t13-,14-/m1/s1. The average molecular weight is 260 g/mol. The lowest BCUT2D eigenvalue weighted by atomic mass is 10.00. The first kappa shape index (κ1) is 13.9. The first-order chi connectivity index (χ1) is 8.99. The zero-order valence-electron chi connectivity index (χ0n) is 12.3. The lowest BCUT2D eigenvalue weighted by Gasteiger charge is -2.36. The normalized spacial score (nSPS) is 24.1. The molecule has 3 heteroatoms. The number of hydrazone groups is 1. The van der Waals surface area contributed by atoms with E-state index in [4.69, 9.17) is 0 Å². The Labute approximate surface area is 115 Å². The van der Waals surface area contributed by atoms with E-state index in [-0.39, 0.29) is 0 Å². The Hall–Kier alpha value is -1.51. The summed E-state index contributed by atoms with van der Waals surface area (Å²) < 4.78 is 0. The Balaban J connectivity index is 2.18. The molecule has 1 aliphatic heterocycles. The summed E-state index contributed by atoms with van der Waals surface area (Å²) in [6.45, 7) is 8.32. The van der Waals surface area contributed by atoms with Gasteiger partial charge >= 0.3 is 0 Å². The first-order valence-electron chi connectivity index (χ1n) is 7.11. The van der Waals surface area contributed by atoms with Crippen molar-refractivity contribution in [2.75, 3.05) is 0 Å². The molecule has 104 valence electrons. The maximum absolute atomic E-state index is 9.78. The van der Waals surface area contributed by atoms with Crippen LogP contribution in [0, 0.1) is 13.8 Å². The zero-order valence-corrected chi connectivity index (χ0v) is 12.3. The minimum absolute atomic E-state index is 0.386. The summed E-state index contributed by atoms with van der Waals surface area (Å²) in [6.07, 6.45) is 5.65. The third-order valence-corrected chi connectivity index (χ3v) is 4.00. The maximum Gasteiger partial charge on any atom is 0.121 e. The number of aryl methyl sites for hydroxylation is 2. The van der Waals surface area contributed by atoms with Gasteiger partial charge in [0.05, 0.1) is 6.21 Å². The van der Waals surface area contributed by atoms with Gasteiger partial charge in [-0.25, -0.2) is 0 Å². The predicted molar refractivity (Wildman–Crippen MR) is 79.8 cm³/mol. The van der Waals surface area contributed by atoms with Crippen LogP contribution in [0.4, 0.5) is 0 Å². The molecule has 1 N–H and O–H groups in total. The number of phenolic OH excluding ortho intramolecular Hbond substituents is 1. The van der Waals surface area contributed by atoms with Crippen molar-refractivity contribution in [3.8, 4) is 5.75 Å². The molecule has 1 aromatic carbocycles. The fourth-order valence-electron chi connectivity index (χ4n) is 2.83. The molecule has 0 radical (unpaired) electrons. The quantitative estimate of drug-likeness (QED) is 0.825. The second kappa shape index (κ2) is 5.64. The molecule has 19 heavy (non-hydrogen) atoms. The van der Waals surface area contributed by atoms with E-state index in [0.29, 0.717) is 17.8 Å². The van der Waals surface area contributed by atoms with E-state index < -0.39 is 0 Å². The Morgan fingerprint density at radius 1 is 1.16 bits per heavy atom. The minimum Gasteiger partial charge on any atom is -0.507 e. The van der Waals surface area contributed by atoms with Crippen molar-refractivity contribution in [3.63, 3.8) is 0 Å². The van der Waals surface area contributed by atoms with Crippen LogP contribution in [-0.2, 0) is 0 Å². The first-order valence-corrected chi connectivity index (χ1v) is 7.11. The third-order valence-electron chi connectivity index (χ3n) is 4.00. The summed E-state index contributed by atoms with van der Waals surface area (Å²) in [7, 11) is 0. The van der Waals surface area contributed by atoms with Crippen LogP contribution in [0.3, 0.4) is 0 Å². The van der Waals surface area contributed by atoms with Gasteiger partial charge in [-0.05, 0) is 75.8 Å². The lowest BCUT2D eigenvalue weighted by molar-refractivity contribution is 0.109. The van der Waals surface area contributed by atoms with E-state index in [1.807, 2.05) is 32.2 Å². The Morgan fingerprint density at radius 2 is 1.68 bits per heavy atom. The summed E-state index contributed by atoms with van der Waals surface area (Å²) in [4.78, 5) is 0. The van der Waals surface area contributed by atoms with Crippen LogP contribution >= 0.6 is 0 Å². The number of nitrogens with zero attached hydrogens (tertiary/aromatic N) is 2. The molecule has 0 saturated carbocycles. The number of rotatable bonds is 2. The van der Waals surface area contributed by atoms with E-state index in [2.05, 4.69) is 24.0 Å². The number of aromatic hydroxyl groups is 1. The van der Waals surface area contributed by atoms with Crippen LogP contribution in [0.5, 0.6) is 5.75 Å². The van der Waals surface area contributed by atoms with Crippen molar-refractivity contribution in [3.05, 3.63) is 28.8 Å². The Bertz CT molecular complexity index is 449. The van der Waals surface area contributed by atoms with Crippen molar-refractivity contribution < 1.29 is 5.11 Å². The predicted octanol–water partition coefficient (Wildman–Crippen LogP) is 3.61. The zero-order chi connectivity index (χ0) is 14.0. The van der Waals surface area contributed by atoms with Gasteiger partial charge in [-0.3, -0.25) is 5.01 Å². The molecular formula is C16H24N2O. The van der Waals surface area contributed by atoms with Crippen molar-refractivity contribution in [2.24, 2.45) is 5.10 Å². The fourth-order valence-corrected chi connectivity index (χ4v) is 2.83. The van der Waals surface area contributed by atoms with Crippen LogP contribution < -0.4 is 0 Å². The summed E-state index contributed by atoms with van der Waals surface area (Å²) in [5.41, 5.74) is 2.86. The van der Waals surface area contributed by atoms with E-state index in [1.165, 1.54) is 19.3 Å². The number of phenols is 1. The van der Waals surface area contributed by atoms with Gasteiger partial charge in [0, 0.05) is 12.1 Å². The molecule has 3 nitrogen and oxygen atoms in total. The van der Waals surface area contributed by atoms with Gasteiger partial charge in [-0.1, -0.05) is 0 Å². The third kappa shape index (κ3) is 3.09. The molecule has 0 unspecified atom stereocenters. The smallest absolute Gasteiger partial charge is 0.121 e. The van der Waals surface area contributed by atoms with Crippen molar-refractivity contribution in [1.29, 1.82) is 0 Å². The summed E-state index contributed by atoms with van der Waals surface area (Å²) >= 11 is 0. The molecule has 1 aliphatic rings. The van der Waals surface area contributed by atoms with Crippen LogP contribution in [0.15, 0.2) is 17.2 Å². The summed E-state index contributed by atoms with van der Waals surface area (Å²) in [6, 6.07) is 4.98. The number of hydrogen-bond donors (Lipinski definition) is 1. The molecule has 0 aromatic heterocycles. The van der Waals surface area contributed by atoms with Gasteiger partial charge in [0.25, 0.3) is 0 Å². The van der Waals surface area contributed by atoms with Crippen LogP contribution in [0.25, 0.3) is 0 Å². The Morgan fingerprint density at radius 3 is 2.21 bits per heavy atom. The highest BCUT2D eigenvalue weighted by Crippen LogP contribution is 2.24. The summed E-state index contributed by atoms with van der Waals surface area (Å²) in [5.74, 6) is 0.386. The van der Waals surface area contributed by atoms with Crippen molar-refractivity contribution in [2.45, 2.75) is 59.0 Å². The van der Waals surface area contributed by atoms with Crippen molar-refractivity contribution >= 4 is 6.21 Å². The SMILES string of the molecule is Cc1cc(/C=N/N2[C@H](C)CCC[C@H]2C)cc(C)c1O. The second-order valence-corrected chi connectivity index (χ2v) is 5.76. The molecule has 0 bridgehead atoms. The van der Waals surface area contributed by atoms with Crippen LogP contribution in [-0.4, -0.2) is 28.4 Å². The second-order valence-electron chi connectivity index (χ2n) is 5.76. The van der Waals surface area contributed by atoms with Crippen LogP contribution in [0.1, 0.15) is 49.8 Å². The largest absolute Gasteiger partial charge is 0.507 e. The molecule has 1 fully saturated rings. The van der Waals surface area contributed by atoms with Gasteiger partial charge in [0.2, 0.25) is 0 Å². The molecule has 0 aliphatic carbocycles. The summed E-state index contributed by atoms with van der Waals surface area (Å²) in [5, 5.41) is 16.6. The number of hydrogen-bond acceptors (Lipinski definition) is 3. The van der Waals surface area contributed by atoms with E-state index in [0.717, 1.165) is 16.7 Å². The van der Waals surface area contributed by atoms with Gasteiger partial charge in [-0.15, -0.1) is 0 Å². The van der Waals surface area contributed by atoms with E-state index in [1.54, 1.807) is 0 Å². The number of piperidine rings is 1. The molecule has 0 amide bonds. The fraction of sp³-hybridized carbons (Fsp3) is 0.562. The van der Waals surface area contributed by atoms with E-state index >= 15 is 0 Å². The molecule has 0 spiro atoms. The highest BCUT2D eigenvalue weighted by Gasteiger charge is 2.22. The molecule has 2 atom stereocenters. The highest BCUT2D eigenvalue weighted by atomic mass is 16.3. The molecular weight excluding hydrogens is 236 g/mol. The highest BCUT2D eigenvalue weighted by molar-refractivity contribution is 5.80. The molecule has 1 aromatic rings. The van der Waals surface area contributed by atoms with E-state index in [9.17, 15) is 5.11 Å². The van der Waals surface area contributed by atoms with Crippen molar-refractivity contribution in [1.82, 2.24) is 5.01 Å². The average Bonchev–Trinajstić information content (AvgIpc) is 2.35. The lowest BCUT2D eigenvalue weighted by Crippen LogP contribution is -2.39.